The molecule has 0 radical (unpaired) electrons. The first-order valence-electron chi connectivity index (χ1n) is 8.83. The largest absolute Gasteiger partial charge is 0.494 e. The van der Waals surface area contributed by atoms with E-state index in [0.29, 0.717) is 24.1 Å². The lowest BCUT2D eigenvalue weighted by Crippen LogP contribution is -2.48. The van der Waals surface area contributed by atoms with Gasteiger partial charge in [0.05, 0.1) is 24.8 Å². The number of carbonyl (C=O) groups is 2. The summed E-state index contributed by atoms with van der Waals surface area (Å²) in [6, 6.07) is 6.86. The number of piperidine rings is 1. The van der Waals surface area contributed by atoms with Crippen molar-refractivity contribution >= 4 is 17.5 Å². The Kier molecular flexibility index (Phi) is 4.90. The van der Waals surface area contributed by atoms with Crippen LogP contribution in [0.2, 0.25) is 0 Å². The van der Waals surface area contributed by atoms with Gasteiger partial charge < -0.3 is 4.74 Å². The molecule has 1 aromatic carbocycles. The van der Waals surface area contributed by atoms with Gasteiger partial charge in [-0.1, -0.05) is 13.8 Å². The second-order valence-electron chi connectivity index (χ2n) is 7.11. The van der Waals surface area contributed by atoms with Gasteiger partial charge in [-0.25, -0.2) is 4.90 Å². The lowest BCUT2D eigenvalue weighted by Gasteiger charge is -2.37. The number of amides is 2. The summed E-state index contributed by atoms with van der Waals surface area (Å²) in [5.41, 5.74) is 0.633. The summed E-state index contributed by atoms with van der Waals surface area (Å²) in [4.78, 5) is 28.9. The van der Waals surface area contributed by atoms with Crippen LogP contribution in [0.3, 0.4) is 0 Å². The van der Waals surface area contributed by atoms with E-state index in [2.05, 4.69) is 18.7 Å². The molecule has 0 bridgehead atoms. The van der Waals surface area contributed by atoms with Gasteiger partial charge in [0.25, 0.3) is 5.91 Å². The molecule has 0 unspecified atom stereocenters. The van der Waals surface area contributed by atoms with Crippen LogP contribution < -0.4 is 9.64 Å². The van der Waals surface area contributed by atoms with Crippen molar-refractivity contribution in [3.63, 3.8) is 0 Å². The van der Waals surface area contributed by atoms with Gasteiger partial charge in [0.1, 0.15) is 5.75 Å². The number of rotatable bonds is 4. The van der Waals surface area contributed by atoms with Crippen molar-refractivity contribution in [2.24, 2.45) is 11.8 Å². The van der Waals surface area contributed by atoms with Crippen molar-refractivity contribution in [1.82, 2.24) is 4.90 Å². The highest BCUT2D eigenvalue weighted by Gasteiger charge is 2.44. The molecule has 5 nitrogen and oxygen atoms in total. The minimum Gasteiger partial charge on any atom is -0.494 e. The van der Waals surface area contributed by atoms with Crippen LogP contribution >= 0.6 is 0 Å². The highest BCUT2D eigenvalue weighted by atomic mass is 16.5. The number of likely N-dealkylation sites (tertiary alicyclic amines) is 1. The van der Waals surface area contributed by atoms with Crippen molar-refractivity contribution in [3.05, 3.63) is 24.3 Å². The van der Waals surface area contributed by atoms with E-state index in [4.69, 9.17) is 4.74 Å². The zero-order valence-electron chi connectivity index (χ0n) is 14.7. The molecule has 0 aliphatic carbocycles. The topological polar surface area (TPSA) is 49.9 Å². The molecule has 0 spiro atoms. The van der Waals surface area contributed by atoms with Crippen molar-refractivity contribution in [2.45, 2.75) is 39.7 Å². The molecule has 5 heteroatoms. The van der Waals surface area contributed by atoms with Gasteiger partial charge in [0, 0.05) is 13.1 Å². The summed E-state index contributed by atoms with van der Waals surface area (Å²) in [6.45, 7) is 8.74. The molecular weight excluding hydrogens is 304 g/mol. The summed E-state index contributed by atoms with van der Waals surface area (Å²) < 4.78 is 5.42. The van der Waals surface area contributed by atoms with Gasteiger partial charge in [-0.15, -0.1) is 0 Å². The maximum Gasteiger partial charge on any atom is 0.251 e. The molecule has 0 aromatic heterocycles. The zero-order chi connectivity index (χ0) is 17.3. The highest BCUT2D eigenvalue weighted by molar-refractivity contribution is 6.22. The number of hydrogen-bond donors (Lipinski definition) is 0. The maximum atomic E-state index is 12.9. The summed E-state index contributed by atoms with van der Waals surface area (Å²) in [6.07, 6.45) is 1.47. The molecule has 2 fully saturated rings. The van der Waals surface area contributed by atoms with Crippen molar-refractivity contribution < 1.29 is 14.3 Å². The standard InChI is InChI=1S/C19H26N2O3/c1-4-24-16-7-5-15(6-8-16)21-18(22)10-17(19(21)23)20-11-13(2)9-14(3)12-20/h5-8,13-14,17H,4,9-12H2,1-3H3/t13-,14+,17-/m1/s1. The van der Waals surface area contributed by atoms with E-state index in [0.717, 1.165) is 18.8 Å². The molecule has 0 N–H and O–H groups in total. The average Bonchev–Trinajstić information content (AvgIpc) is 2.83. The van der Waals surface area contributed by atoms with Gasteiger partial charge >= 0.3 is 0 Å². The van der Waals surface area contributed by atoms with Crippen molar-refractivity contribution in [2.75, 3.05) is 24.6 Å². The minimum absolute atomic E-state index is 0.0922. The first-order chi connectivity index (χ1) is 11.5. The average molecular weight is 330 g/mol. The summed E-state index contributed by atoms with van der Waals surface area (Å²) in [5.74, 6) is 1.67. The second kappa shape index (κ2) is 6.93. The lowest BCUT2D eigenvalue weighted by molar-refractivity contribution is -0.123. The summed E-state index contributed by atoms with van der Waals surface area (Å²) >= 11 is 0. The smallest absolute Gasteiger partial charge is 0.251 e. The van der Waals surface area contributed by atoms with E-state index in [1.807, 2.05) is 6.92 Å². The first-order valence-corrected chi connectivity index (χ1v) is 8.83. The monoisotopic (exact) mass is 330 g/mol. The fourth-order valence-corrected chi connectivity index (χ4v) is 4.00. The molecule has 0 saturated carbocycles. The Morgan fingerprint density at radius 1 is 1.08 bits per heavy atom. The molecule has 24 heavy (non-hydrogen) atoms. The van der Waals surface area contributed by atoms with Crippen LogP contribution in [0.5, 0.6) is 5.75 Å². The van der Waals surface area contributed by atoms with Crippen LogP contribution in [0, 0.1) is 11.8 Å². The van der Waals surface area contributed by atoms with Crippen LogP contribution in [0.15, 0.2) is 24.3 Å². The molecule has 3 rings (SSSR count). The predicted molar refractivity (Wildman–Crippen MR) is 93.0 cm³/mol. The van der Waals surface area contributed by atoms with Crippen LogP contribution in [0.25, 0.3) is 0 Å². The van der Waals surface area contributed by atoms with E-state index in [1.165, 1.54) is 11.3 Å². The molecule has 2 aliphatic rings. The molecule has 2 saturated heterocycles. The van der Waals surface area contributed by atoms with E-state index in [-0.39, 0.29) is 24.3 Å². The molecule has 2 amide bonds. The molecular formula is C19H26N2O3. The number of hydrogen-bond acceptors (Lipinski definition) is 4. The van der Waals surface area contributed by atoms with Gasteiger partial charge in [-0.05, 0) is 49.4 Å². The summed E-state index contributed by atoms with van der Waals surface area (Å²) in [7, 11) is 0. The quantitative estimate of drug-likeness (QED) is 0.797. The molecule has 1 aromatic rings. The lowest BCUT2D eigenvalue weighted by atomic mass is 9.90. The van der Waals surface area contributed by atoms with Gasteiger partial charge in [0.2, 0.25) is 5.91 Å². The number of ether oxygens (including phenoxy) is 1. The summed E-state index contributed by atoms with van der Waals surface area (Å²) in [5, 5.41) is 0. The second-order valence-corrected chi connectivity index (χ2v) is 7.11. The van der Waals surface area contributed by atoms with E-state index in [1.54, 1.807) is 24.3 Å². The fraction of sp³-hybridized carbons (Fsp3) is 0.579. The number of benzene rings is 1. The fourth-order valence-electron chi connectivity index (χ4n) is 4.00. The number of anilines is 1. The van der Waals surface area contributed by atoms with E-state index < -0.39 is 0 Å². The minimum atomic E-state index is -0.311. The molecule has 2 heterocycles. The third-order valence-corrected chi connectivity index (χ3v) is 4.87. The van der Waals surface area contributed by atoms with E-state index >= 15 is 0 Å². The van der Waals surface area contributed by atoms with Gasteiger partial charge in [-0.3, -0.25) is 14.5 Å². The Morgan fingerprint density at radius 3 is 2.29 bits per heavy atom. The number of carbonyl (C=O) groups excluding carboxylic acids is 2. The SMILES string of the molecule is CCOc1ccc(N2C(=O)C[C@@H](N3C[C@H](C)C[C@H](C)C3)C2=O)cc1. The molecule has 130 valence electrons. The predicted octanol–water partition coefficient (Wildman–Crippen LogP) is 2.70. The van der Waals surface area contributed by atoms with Crippen LogP contribution in [0.1, 0.15) is 33.6 Å². The Morgan fingerprint density at radius 2 is 1.71 bits per heavy atom. The normalized spacial score (nSPS) is 28.5. The van der Waals surface area contributed by atoms with Crippen LogP contribution in [-0.2, 0) is 9.59 Å². The first kappa shape index (κ1) is 17.0. The number of imide groups is 1. The highest BCUT2D eigenvalue weighted by Crippen LogP contribution is 2.30. The third-order valence-electron chi connectivity index (χ3n) is 4.87. The van der Waals surface area contributed by atoms with Crippen LogP contribution in [-0.4, -0.2) is 42.5 Å². The van der Waals surface area contributed by atoms with Crippen molar-refractivity contribution in [1.29, 1.82) is 0 Å². The van der Waals surface area contributed by atoms with E-state index in [9.17, 15) is 9.59 Å². The molecule has 2 aliphatic heterocycles. The maximum absolute atomic E-state index is 12.9. The number of nitrogens with zero attached hydrogens (tertiary/aromatic N) is 2. The Labute approximate surface area is 143 Å². The van der Waals surface area contributed by atoms with Gasteiger partial charge in [0.15, 0.2) is 0 Å². The molecule has 3 atom stereocenters. The third kappa shape index (κ3) is 3.31. The Bertz CT molecular complexity index is 604. The van der Waals surface area contributed by atoms with Gasteiger partial charge in [-0.2, -0.15) is 0 Å². The van der Waals surface area contributed by atoms with Crippen molar-refractivity contribution in [3.8, 4) is 5.75 Å². The Hall–Kier alpha value is -1.88. The Balaban J connectivity index is 1.76. The zero-order valence-corrected chi connectivity index (χ0v) is 14.7. The van der Waals surface area contributed by atoms with Crippen LogP contribution in [0.4, 0.5) is 5.69 Å².